The quantitative estimate of drug-likeness (QED) is 0.817. The molecule has 2 N–H and O–H groups in total. The molecule has 6 nitrogen and oxygen atoms in total. The summed E-state index contributed by atoms with van der Waals surface area (Å²) < 4.78 is 27.0. The zero-order valence-corrected chi connectivity index (χ0v) is 11.5. The highest BCUT2D eigenvalue weighted by Gasteiger charge is 2.09. The molecule has 1 aromatic heterocycles. The van der Waals surface area contributed by atoms with Gasteiger partial charge in [0.1, 0.15) is 0 Å². The van der Waals surface area contributed by atoms with E-state index in [2.05, 4.69) is 9.71 Å². The van der Waals surface area contributed by atoms with Gasteiger partial charge in [-0.25, -0.2) is 17.9 Å². The van der Waals surface area contributed by atoms with Gasteiger partial charge in [0, 0.05) is 13.1 Å². The maximum Gasteiger partial charge on any atom is 0.326 e. The van der Waals surface area contributed by atoms with E-state index >= 15 is 0 Å². The van der Waals surface area contributed by atoms with E-state index in [4.69, 9.17) is 0 Å². The molecule has 1 heterocycles. The van der Waals surface area contributed by atoms with Crippen molar-refractivity contribution < 1.29 is 8.42 Å². The average molecular weight is 283 g/mol. The zero-order chi connectivity index (χ0) is 13.9. The highest BCUT2D eigenvalue weighted by atomic mass is 32.2. The van der Waals surface area contributed by atoms with Crippen LogP contribution in [0.1, 0.15) is 13.3 Å². The average Bonchev–Trinajstić information content (AvgIpc) is 2.66. The molecule has 1 aromatic carbocycles. The first-order valence-corrected chi connectivity index (χ1v) is 7.83. The molecule has 2 rings (SSSR count). The molecule has 104 valence electrons. The summed E-state index contributed by atoms with van der Waals surface area (Å²) in [5.41, 5.74) is 1.31. The van der Waals surface area contributed by atoms with Crippen LogP contribution in [0.2, 0.25) is 0 Å². The first-order valence-electron chi connectivity index (χ1n) is 6.18. The molecule has 0 amide bonds. The predicted octanol–water partition coefficient (Wildman–Crippen LogP) is 0.659. The third kappa shape index (κ3) is 3.24. The van der Waals surface area contributed by atoms with Crippen molar-refractivity contribution in [2.24, 2.45) is 0 Å². The number of rotatable bonds is 6. The summed E-state index contributed by atoms with van der Waals surface area (Å²) in [5.74, 6) is 0.107. The number of nitrogens with one attached hydrogen (secondary N) is 2. The number of fused-ring (bicyclic) bond motifs is 1. The van der Waals surface area contributed by atoms with Gasteiger partial charge in [0.2, 0.25) is 10.0 Å². The lowest BCUT2D eigenvalue weighted by Gasteiger charge is -2.06. The van der Waals surface area contributed by atoms with Gasteiger partial charge in [-0.15, -0.1) is 0 Å². The molecule has 0 aliphatic heterocycles. The molecular weight excluding hydrogens is 266 g/mol. The molecule has 0 bridgehead atoms. The molecule has 0 fully saturated rings. The molecule has 0 aliphatic carbocycles. The Morgan fingerprint density at radius 2 is 2.05 bits per heavy atom. The second kappa shape index (κ2) is 5.58. The number of sulfonamides is 1. The Labute approximate surface area is 111 Å². The lowest BCUT2D eigenvalue weighted by molar-refractivity contribution is 0.571. The molecule has 0 saturated carbocycles. The number of aromatic amines is 1. The normalized spacial score (nSPS) is 12.1. The Morgan fingerprint density at radius 3 is 2.79 bits per heavy atom. The van der Waals surface area contributed by atoms with Gasteiger partial charge in [-0.05, 0) is 18.6 Å². The van der Waals surface area contributed by atoms with Crippen LogP contribution in [0.5, 0.6) is 0 Å². The number of hydrogen-bond acceptors (Lipinski definition) is 3. The highest BCUT2D eigenvalue weighted by molar-refractivity contribution is 7.89. The van der Waals surface area contributed by atoms with Crippen molar-refractivity contribution in [2.75, 3.05) is 12.3 Å². The van der Waals surface area contributed by atoms with E-state index in [9.17, 15) is 13.2 Å². The van der Waals surface area contributed by atoms with Crippen LogP contribution in [0.3, 0.4) is 0 Å². The van der Waals surface area contributed by atoms with Crippen LogP contribution in [0, 0.1) is 0 Å². The van der Waals surface area contributed by atoms with Crippen molar-refractivity contribution in [3.8, 4) is 0 Å². The van der Waals surface area contributed by atoms with Gasteiger partial charge >= 0.3 is 5.69 Å². The van der Waals surface area contributed by atoms with E-state index in [1.165, 1.54) is 4.57 Å². The van der Waals surface area contributed by atoms with E-state index in [1.807, 2.05) is 31.2 Å². The van der Waals surface area contributed by atoms with E-state index in [0.29, 0.717) is 13.0 Å². The Hall–Kier alpha value is -1.60. The summed E-state index contributed by atoms with van der Waals surface area (Å²) >= 11 is 0. The minimum atomic E-state index is -3.23. The molecule has 2 aromatic rings. The molecule has 0 spiro atoms. The van der Waals surface area contributed by atoms with Crippen molar-refractivity contribution in [1.82, 2.24) is 14.3 Å². The summed E-state index contributed by atoms with van der Waals surface area (Å²) in [6.45, 7) is 2.33. The van der Waals surface area contributed by atoms with Crippen LogP contribution >= 0.6 is 0 Å². The van der Waals surface area contributed by atoms with Crippen molar-refractivity contribution in [3.05, 3.63) is 34.7 Å². The van der Waals surface area contributed by atoms with Gasteiger partial charge in [0.15, 0.2) is 0 Å². The van der Waals surface area contributed by atoms with E-state index in [-0.39, 0.29) is 18.0 Å². The minimum Gasteiger partial charge on any atom is -0.306 e. The van der Waals surface area contributed by atoms with Crippen molar-refractivity contribution in [3.63, 3.8) is 0 Å². The first kappa shape index (κ1) is 13.8. The van der Waals surface area contributed by atoms with Crippen LogP contribution in [0.15, 0.2) is 29.1 Å². The number of hydrogen-bond donors (Lipinski definition) is 2. The van der Waals surface area contributed by atoms with E-state index in [1.54, 1.807) is 0 Å². The number of nitrogens with zero attached hydrogens (tertiary/aromatic N) is 1. The van der Waals surface area contributed by atoms with Crippen LogP contribution in [-0.2, 0) is 16.6 Å². The van der Waals surface area contributed by atoms with E-state index in [0.717, 1.165) is 11.0 Å². The molecule has 7 heteroatoms. The van der Waals surface area contributed by atoms with Crippen LogP contribution in [0.25, 0.3) is 11.0 Å². The third-order valence-corrected chi connectivity index (χ3v) is 4.40. The second-order valence-electron chi connectivity index (χ2n) is 4.31. The largest absolute Gasteiger partial charge is 0.326 e. The van der Waals surface area contributed by atoms with Crippen molar-refractivity contribution >= 4 is 21.1 Å². The maximum atomic E-state index is 11.8. The van der Waals surface area contributed by atoms with Crippen LogP contribution in [0.4, 0.5) is 0 Å². The van der Waals surface area contributed by atoms with Crippen LogP contribution in [-0.4, -0.2) is 30.3 Å². The number of imidazole rings is 1. The van der Waals surface area contributed by atoms with Gasteiger partial charge in [-0.2, -0.15) is 0 Å². The topological polar surface area (TPSA) is 84.0 Å². The van der Waals surface area contributed by atoms with Gasteiger partial charge < -0.3 is 4.98 Å². The summed E-state index contributed by atoms with van der Waals surface area (Å²) in [4.78, 5) is 14.5. The Balaban J connectivity index is 2.10. The molecular formula is C12H17N3O3S. The number of benzene rings is 1. The predicted molar refractivity (Wildman–Crippen MR) is 74.6 cm³/mol. The van der Waals surface area contributed by atoms with Crippen molar-refractivity contribution in [1.29, 1.82) is 0 Å². The van der Waals surface area contributed by atoms with Crippen molar-refractivity contribution in [2.45, 2.75) is 19.9 Å². The smallest absolute Gasteiger partial charge is 0.306 e. The Bertz CT molecular complexity index is 715. The van der Waals surface area contributed by atoms with Gasteiger partial charge in [0.05, 0.1) is 16.8 Å². The molecule has 0 aliphatic rings. The molecule has 0 atom stereocenters. The Morgan fingerprint density at radius 1 is 1.32 bits per heavy atom. The van der Waals surface area contributed by atoms with Gasteiger partial charge in [-0.1, -0.05) is 19.1 Å². The van der Waals surface area contributed by atoms with E-state index < -0.39 is 10.0 Å². The highest BCUT2D eigenvalue weighted by Crippen LogP contribution is 2.08. The molecule has 0 radical (unpaired) electrons. The van der Waals surface area contributed by atoms with Crippen LogP contribution < -0.4 is 10.4 Å². The third-order valence-electron chi connectivity index (χ3n) is 2.81. The number of H-pyrrole nitrogens is 1. The standard InChI is InChI=1S/C12H17N3O3S/c1-2-9-19(17,18)13-7-8-15-11-6-4-3-5-10(11)14-12(15)16/h3-6,13H,2,7-9H2,1H3,(H,14,16). The fraction of sp³-hybridized carbons (Fsp3) is 0.417. The number of aromatic nitrogens is 2. The minimum absolute atomic E-state index is 0.107. The summed E-state index contributed by atoms with van der Waals surface area (Å²) in [6, 6.07) is 7.32. The number of para-hydroxylation sites is 2. The first-order chi connectivity index (χ1) is 9.03. The summed E-state index contributed by atoms with van der Waals surface area (Å²) in [5, 5.41) is 0. The lowest BCUT2D eigenvalue weighted by atomic mass is 10.3. The monoisotopic (exact) mass is 283 g/mol. The summed E-state index contributed by atoms with van der Waals surface area (Å²) in [7, 11) is -3.23. The lowest BCUT2D eigenvalue weighted by Crippen LogP contribution is -2.31. The fourth-order valence-corrected chi connectivity index (χ4v) is 3.07. The van der Waals surface area contributed by atoms with Gasteiger partial charge in [-0.3, -0.25) is 4.57 Å². The summed E-state index contributed by atoms with van der Waals surface area (Å²) in [6.07, 6.45) is 0.572. The molecule has 0 unspecified atom stereocenters. The fourth-order valence-electron chi connectivity index (χ4n) is 1.98. The second-order valence-corrected chi connectivity index (χ2v) is 6.24. The Kier molecular flexibility index (Phi) is 4.06. The maximum absolute atomic E-state index is 11.8. The molecule has 19 heavy (non-hydrogen) atoms. The van der Waals surface area contributed by atoms with Gasteiger partial charge in [0.25, 0.3) is 0 Å². The molecule has 0 saturated heterocycles. The zero-order valence-electron chi connectivity index (χ0n) is 10.7. The SMILES string of the molecule is CCCS(=O)(=O)NCCn1c(=O)[nH]c2ccccc21.